The lowest BCUT2D eigenvalue weighted by atomic mass is 9.95. The van der Waals surface area contributed by atoms with Crippen molar-refractivity contribution in [2.45, 2.75) is 45.6 Å². The first-order valence-corrected chi connectivity index (χ1v) is 4.53. The van der Waals surface area contributed by atoms with Gasteiger partial charge in [-0.25, -0.2) is 0 Å². The van der Waals surface area contributed by atoms with E-state index in [0.29, 0.717) is 6.54 Å². The summed E-state index contributed by atoms with van der Waals surface area (Å²) in [6, 6.07) is 0. The maximum absolute atomic E-state index is 10.8. The highest BCUT2D eigenvalue weighted by molar-refractivity contribution is 5.73. The molecule has 0 saturated carbocycles. The molecular formula is C9H20N2O. The largest absolute Gasteiger partial charge is 0.350 e. The Labute approximate surface area is 74.7 Å². The fraction of sp³-hybridized carbons (Fsp3) is 0.889. The summed E-state index contributed by atoms with van der Waals surface area (Å²) in [6.07, 6.45) is 3.20. The fourth-order valence-electron chi connectivity index (χ4n) is 1.21. The topological polar surface area (TPSA) is 55.1 Å². The molecule has 72 valence electrons. The lowest BCUT2D eigenvalue weighted by molar-refractivity contribution is -0.120. The Morgan fingerprint density at radius 3 is 2.50 bits per heavy atom. The Bertz CT molecular complexity index is 147. The summed E-state index contributed by atoms with van der Waals surface area (Å²) in [5.41, 5.74) is 5.37. The van der Waals surface area contributed by atoms with Crippen molar-refractivity contribution in [3.8, 4) is 0 Å². The highest BCUT2D eigenvalue weighted by Gasteiger charge is 2.21. The first-order chi connectivity index (χ1) is 5.54. The molecule has 0 bridgehead atoms. The molecule has 0 aliphatic carbocycles. The van der Waals surface area contributed by atoms with Crippen molar-refractivity contribution in [2.75, 3.05) is 6.54 Å². The Kier molecular flexibility index (Phi) is 4.90. The minimum absolute atomic E-state index is 0.000877. The average Bonchev–Trinajstić information content (AvgIpc) is 2.00. The van der Waals surface area contributed by atoms with Crippen LogP contribution in [0.5, 0.6) is 0 Å². The van der Waals surface area contributed by atoms with Crippen LogP contribution in [0.3, 0.4) is 0 Å². The van der Waals surface area contributed by atoms with Crippen LogP contribution in [0.15, 0.2) is 0 Å². The van der Waals surface area contributed by atoms with Crippen LogP contribution in [0.2, 0.25) is 0 Å². The van der Waals surface area contributed by atoms with Crippen LogP contribution in [-0.4, -0.2) is 18.0 Å². The van der Waals surface area contributed by atoms with Gasteiger partial charge in [0.15, 0.2) is 0 Å². The van der Waals surface area contributed by atoms with Crippen molar-refractivity contribution in [3.05, 3.63) is 0 Å². The number of nitrogens with two attached hydrogens (primary N) is 1. The first kappa shape index (κ1) is 11.4. The summed E-state index contributed by atoms with van der Waals surface area (Å²) in [4.78, 5) is 10.8. The van der Waals surface area contributed by atoms with Gasteiger partial charge >= 0.3 is 0 Å². The smallest absolute Gasteiger partial charge is 0.217 e. The van der Waals surface area contributed by atoms with Gasteiger partial charge in [-0.05, 0) is 13.3 Å². The molecule has 3 nitrogen and oxygen atoms in total. The predicted octanol–water partition coefficient (Wildman–Crippen LogP) is 1.03. The highest BCUT2D eigenvalue weighted by Crippen LogP contribution is 2.11. The second kappa shape index (κ2) is 5.14. The van der Waals surface area contributed by atoms with E-state index in [9.17, 15) is 4.79 Å². The van der Waals surface area contributed by atoms with Gasteiger partial charge in [-0.1, -0.05) is 19.8 Å². The van der Waals surface area contributed by atoms with E-state index in [1.807, 2.05) is 6.92 Å². The van der Waals surface area contributed by atoms with Gasteiger partial charge in [-0.2, -0.15) is 0 Å². The molecule has 12 heavy (non-hydrogen) atoms. The van der Waals surface area contributed by atoms with E-state index < -0.39 is 0 Å². The zero-order valence-electron chi connectivity index (χ0n) is 8.31. The second-order valence-electron chi connectivity index (χ2n) is 3.55. The summed E-state index contributed by atoms with van der Waals surface area (Å²) >= 11 is 0. The Morgan fingerprint density at radius 1 is 1.58 bits per heavy atom. The van der Waals surface area contributed by atoms with Gasteiger partial charge in [-0.3, -0.25) is 4.79 Å². The van der Waals surface area contributed by atoms with E-state index in [1.54, 1.807) is 0 Å². The molecule has 0 aliphatic heterocycles. The van der Waals surface area contributed by atoms with E-state index in [4.69, 9.17) is 5.73 Å². The monoisotopic (exact) mass is 172 g/mol. The van der Waals surface area contributed by atoms with Crippen molar-refractivity contribution in [2.24, 2.45) is 5.73 Å². The number of nitrogens with one attached hydrogen (secondary N) is 1. The van der Waals surface area contributed by atoms with Gasteiger partial charge in [0.05, 0.1) is 0 Å². The quantitative estimate of drug-likeness (QED) is 0.650. The lowest BCUT2D eigenvalue weighted by Gasteiger charge is -2.28. The third-order valence-corrected chi connectivity index (χ3v) is 2.01. The number of hydrogen-bond acceptors (Lipinski definition) is 2. The fourth-order valence-corrected chi connectivity index (χ4v) is 1.21. The van der Waals surface area contributed by atoms with Gasteiger partial charge in [0, 0.05) is 19.0 Å². The molecule has 0 rings (SSSR count). The van der Waals surface area contributed by atoms with Gasteiger partial charge < -0.3 is 11.1 Å². The number of hydrogen-bond donors (Lipinski definition) is 2. The molecule has 0 heterocycles. The summed E-state index contributed by atoms with van der Waals surface area (Å²) in [5.74, 6) is -0.000877. The van der Waals surface area contributed by atoms with Gasteiger partial charge in [0.25, 0.3) is 0 Å². The van der Waals surface area contributed by atoms with E-state index >= 15 is 0 Å². The van der Waals surface area contributed by atoms with Crippen LogP contribution < -0.4 is 11.1 Å². The molecule has 0 aliphatic rings. The normalized spacial score (nSPS) is 15.3. The number of carbonyl (C=O) groups is 1. The molecule has 3 heteroatoms. The maximum atomic E-state index is 10.8. The minimum atomic E-state index is -0.207. The highest BCUT2D eigenvalue weighted by atomic mass is 16.1. The van der Waals surface area contributed by atoms with Gasteiger partial charge in [0.1, 0.15) is 0 Å². The Morgan fingerprint density at radius 2 is 2.17 bits per heavy atom. The molecule has 1 unspecified atom stereocenters. The lowest BCUT2D eigenvalue weighted by Crippen LogP contribution is -2.50. The van der Waals surface area contributed by atoms with Crippen LogP contribution in [0.1, 0.15) is 40.0 Å². The summed E-state index contributed by atoms with van der Waals surface area (Å²) in [6.45, 7) is 6.15. The van der Waals surface area contributed by atoms with Crippen molar-refractivity contribution in [1.82, 2.24) is 5.32 Å². The van der Waals surface area contributed by atoms with Crippen LogP contribution >= 0.6 is 0 Å². The maximum Gasteiger partial charge on any atom is 0.217 e. The average molecular weight is 172 g/mol. The minimum Gasteiger partial charge on any atom is -0.350 e. The molecule has 1 atom stereocenters. The summed E-state index contributed by atoms with van der Waals surface area (Å²) in [5, 5.41) is 2.88. The number of carbonyl (C=O) groups excluding carboxylic acids is 1. The zero-order valence-corrected chi connectivity index (χ0v) is 8.31. The zero-order chi connectivity index (χ0) is 9.61. The predicted molar refractivity (Wildman–Crippen MR) is 50.8 cm³/mol. The van der Waals surface area contributed by atoms with E-state index in [2.05, 4.69) is 12.2 Å². The molecule has 0 radical (unpaired) electrons. The van der Waals surface area contributed by atoms with Crippen molar-refractivity contribution in [1.29, 1.82) is 0 Å². The van der Waals surface area contributed by atoms with Crippen molar-refractivity contribution >= 4 is 5.91 Å². The first-order valence-electron chi connectivity index (χ1n) is 4.53. The van der Waals surface area contributed by atoms with E-state index in [-0.39, 0.29) is 11.4 Å². The third-order valence-electron chi connectivity index (χ3n) is 2.01. The van der Waals surface area contributed by atoms with E-state index in [0.717, 1.165) is 19.3 Å². The van der Waals surface area contributed by atoms with Crippen LogP contribution in [-0.2, 0) is 4.79 Å². The van der Waals surface area contributed by atoms with E-state index in [1.165, 1.54) is 6.92 Å². The molecule has 0 aromatic carbocycles. The standard InChI is InChI=1S/C9H20N2O/c1-4-5-6-9(3,7-10)11-8(2)12/h4-7,10H2,1-3H3,(H,11,12). The van der Waals surface area contributed by atoms with Gasteiger partial charge in [-0.15, -0.1) is 0 Å². The number of rotatable bonds is 5. The third kappa shape index (κ3) is 4.34. The Balaban J connectivity index is 3.95. The Hall–Kier alpha value is -0.570. The number of amides is 1. The molecule has 0 aromatic rings. The van der Waals surface area contributed by atoms with Crippen LogP contribution in [0.4, 0.5) is 0 Å². The van der Waals surface area contributed by atoms with Gasteiger partial charge in [0.2, 0.25) is 5.91 Å². The molecule has 1 amide bonds. The van der Waals surface area contributed by atoms with Crippen molar-refractivity contribution in [3.63, 3.8) is 0 Å². The second-order valence-corrected chi connectivity index (χ2v) is 3.55. The summed E-state index contributed by atoms with van der Waals surface area (Å²) in [7, 11) is 0. The molecule has 3 N–H and O–H groups in total. The molecule has 0 aromatic heterocycles. The molecule has 0 saturated heterocycles. The SMILES string of the molecule is CCCCC(C)(CN)NC(C)=O. The van der Waals surface area contributed by atoms with Crippen LogP contribution in [0.25, 0.3) is 0 Å². The molecule has 0 fully saturated rings. The molecular weight excluding hydrogens is 152 g/mol. The number of unbranched alkanes of at least 4 members (excludes halogenated alkanes) is 1. The summed E-state index contributed by atoms with van der Waals surface area (Å²) < 4.78 is 0. The van der Waals surface area contributed by atoms with Crippen molar-refractivity contribution < 1.29 is 4.79 Å². The van der Waals surface area contributed by atoms with Crippen LogP contribution in [0, 0.1) is 0 Å². The molecule has 0 spiro atoms.